The van der Waals surface area contributed by atoms with Crippen molar-refractivity contribution in [3.8, 4) is 0 Å². The van der Waals surface area contributed by atoms with Crippen LogP contribution in [0, 0.1) is 5.92 Å². The third kappa shape index (κ3) is 6.55. The van der Waals surface area contributed by atoms with E-state index in [-0.39, 0.29) is 0 Å². The van der Waals surface area contributed by atoms with Crippen molar-refractivity contribution in [1.29, 1.82) is 0 Å². The van der Waals surface area contributed by atoms with Crippen LogP contribution < -0.4 is 5.73 Å². The summed E-state index contributed by atoms with van der Waals surface area (Å²) in [6.07, 6.45) is 8.20. The summed E-state index contributed by atoms with van der Waals surface area (Å²) in [7, 11) is 0. The maximum Gasteiger partial charge on any atom is 0.0196 e. The maximum atomic E-state index is 6.46. The highest BCUT2D eigenvalue weighted by molar-refractivity contribution is 4.79. The van der Waals surface area contributed by atoms with Gasteiger partial charge in [0.2, 0.25) is 0 Å². The number of rotatable bonds is 10. The third-order valence-corrected chi connectivity index (χ3v) is 5.01. The highest BCUT2D eigenvalue weighted by atomic mass is 15.1. The standard InChI is InChI=1S/C17H37N3/c1-4-19(5-2)13-10-14-20(6-3)15-17(18)16-11-8-7-9-12-16/h16-17H,4-15,18H2,1-3H3. The molecule has 0 amide bonds. The van der Waals surface area contributed by atoms with E-state index in [1.54, 1.807) is 0 Å². The Bertz CT molecular complexity index is 222. The van der Waals surface area contributed by atoms with Crippen LogP contribution in [0.4, 0.5) is 0 Å². The normalized spacial score (nSPS) is 18.9. The molecular weight excluding hydrogens is 246 g/mol. The van der Waals surface area contributed by atoms with E-state index in [0.717, 1.165) is 19.0 Å². The van der Waals surface area contributed by atoms with Gasteiger partial charge in [0.1, 0.15) is 0 Å². The van der Waals surface area contributed by atoms with Crippen LogP contribution >= 0.6 is 0 Å². The molecule has 0 heterocycles. The molecule has 0 saturated heterocycles. The topological polar surface area (TPSA) is 32.5 Å². The fourth-order valence-corrected chi connectivity index (χ4v) is 3.45. The molecule has 0 aromatic rings. The molecule has 1 rings (SSSR count). The monoisotopic (exact) mass is 283 g/mol. The molecular formula is C17H37N3. The maximum absolute atomic E-state index is 6.46. The summed E-state index contributed by atoms with van der Waals surface area (Å²) in [4.78, 5) is 5.07. The van der Waals surface area contributed by atoms with Gasteiger partial charge in [-0.05, 0) is 57.9 Å². The SMILES string of the molecule is CCN(CC)CCCN(CC)CC(N)C1CCCCC1. The van der Waals surface area contributed by atoms with Gasteiger partial charge >= 0.3 is 0 Å². The van der Waals surface area contributed by atoms with E-state index in [4.69, 9.17) is 5.73 Å². The number of nitrogens with two attached hydrogens (primary N) is 1. The lowest BCUT2D eigenvalue weighted by molar-refractivity contribution is 0.199. The molecule has 0 aliphatic heterocycles. The van der Waals surface area contributed by atoms with Crippen molar-refractivity contribution < 1.29 is 0 Å². The molecule has 1 aliphatic rings. The third-order valence-electron chi connectivity index (χ3n) is 5.01. The second kappa shape index (κ2) is 10.6. The van der Waals surface area contributed by atoms with Gasteiger partial charge in [0, 0.05) is 12.6 Å². The Morgan fingerprint density at radius 3 is 2.00 bits per heavy atom. The molecule has 120 valence electrons. The Morgan fingerprint density at radius 1 is 0.900 bits per heavy atom. The van der Waals surface area contributed by atoms with Crippen LogP contribution in [-0.4, -0.2) is 55.1 Å². The van der Waals surface area contributed by atoms with Crippen LogP contribution in [0.5, 0.6) is 0 Å². The van der Waals surface area contributed by atoms with Crippen LogP contribution in [0.2, 0.25) is 0 Å². The number of likely N-dealkylation sites (N-methyl/N-ethyl adjacent to an activating group) is 1. The molecule has 20 heavy (non-hydrogen) atoms. The smallest absolute Gasteiger partial charge is 0.0196 e. The van der Waals surface area contributed by atoms with Crippen molar-refractivity contribution in [1.82, 2.24) is 9.80 Å². The fraction of sp³-hybridized carbons (Fsp3) is 1.00. The largest absolute Gasteiger partial charge is 0.326 e. The van der Waals surface area contributed by atoms with Gasteiger partial charge in [-0.2, -0.15) is 0 Å². The molecule has 3 nitrogen and oxygen atoms in total. The van der Waals surface area contributed by atoms with E-state index in [1.165, 1.54) is 64.7 Å². The zero-order chi connectivity index (χ0) is 14.8. The first-order valence-electron chi connectivity index (χ1n) is 8.91. The van der Waals surface area contributed by atoms with E-state index in [2.05, 4.69) is 30.6 Å². The molecule has 0 aromatic heterocycles. The van der Waals surface area contributed by atoms with Crippen molar-refractivity contribution in [3.63, 3.8) is 0 Å². The molecule has 0 bridgehead atoms. The average molecular weight is 284 g/mol. The minimum absolute atomic E-state index is 0.392. The van der Waals surface area contributed by atoms with Gasteiger partial charge in [-0.15, -0.1) is 0 Å². The zero-order valence-corrected chi connectivity index (χ0v) is 14.1. The molecule has 1 fully saturated rings. The van der Waals surface area contributed by atoms with Gasteiger partial charge in [0.05, 0.1) is 0 Å². The quantitative estimate of drug-likeness (QED) is 0.669. The highest BCUT2D eigenvalue weighted by Crippen LogP contribution is 2.25. The van der Waals surface area contributed by atoms with Crippen LogP contribution in [-0.2, 0) is 0 Å². The Kier molecular flexibility index (Phi) is 9.49. The van der Waals surface area contributed by atoms with Gasteiger partial charge < -0.3 is 15.5 Å². The fourth-order valence-electron chi connectivity index (χ4n) is 3.45. The van der Waals surface area contributed by atoms with Gasteiger partial charge in [-0.1, -0.05) is 40.0 Å². The first-order valence-corrected chi connectivity index (χ1v) is 8.91. The van der Waals surface area contributed by atoms with Crippen LogP contribution in [0.15, 0.2) is 0 Å². The van der Waals surface area contributed by atoms with Gasteiger partial charge in [0.25, 0.3) is 0 Å². The molecule has 1 aliphatic carbocycles. The molecule has 0 spiro atoms. The molecule has 2 N–H and O–H groups in total. The molecule has 1 unspecified atom stereocenters. The van der Waals surface area contributed by atoms with Crippen molar-refractivity contribution in [2.45, 2.75) is 65.3 Å². The lowest BCUT2D eigenvalue weighted by Crippen LogP contribution is -2.43. The van der Waals surface area contributed by atoms with Gasteiger partial charge in [0.15, 0.2) is 0 Å². The Morgan fingerprint density at radius 2 is 1.45 bits per heavy atom. The number of nitrogens with zero attached hydrogens (tertiary/aromatic N) is 2. The van der Waals surface area contributed by atoms with Crippen molar-refractivity contribution >= 4 is 0 Å². The summed E-state index contributed by atoms with van der Waals surface area (Å²) in [5, 5.41) is 0. The number of hydrogen-bond acceptors (Lipinski definition) is 3. The van der Waals surface area contributed by atoms with Crippen molar-refractivity contribution in [2.75, 3.05) is 39.3 Å². The van der Waals surface area contributed by atoms with Gasteiger partial charge in [-0.25, -0.2) is 0 Å². The van der Waals surface area contributed by atoms with Crippen LogP contribution in [0.25, 0.3) is 0 Å². The second-order valence-electron chi connectivity index (χ2n) is 6.34. The van der Waals surface area contributed by atoms with E-state index in [1.807, 2.05) is 0 Å². The van der Waals surface area contributed by atoms with Crippen molar-refractivity contribution in [3.05, 3.63) is 0 Å². The summed E-state index contributed by atoms with van der Waals surface area (Å²) < 4.78 is 0. The lowest BCUT2D eigenvalue weighted by Gasteiger charge is -2.32. The van der Waals surface area contributed by atoms with Crippen LogP contribution in [0.1, 0.15) is 59.3 Å². The zero-order valence-electron chi connectivity index (χ0n) is 14.1. The molecule has 1 atom stereocenters. The Hall–Kier alpha value is -0.120. The first kappa shape index (κ1) is 17.9. The lowest BCUT2D eigenvalue weighted by atomic mass is 9.84. The average Bonchev–Trinajstić information content (AvgIpc) is 2.51. The van der Waals surface area contributed by atoms with E-state index < -0.39 is 0 Å². The van der Waals surface area contributed by atoms with E-state index >= 15 is 0 Å². The molecule has 3 heteroatoms. The number of hydrogen-bond donors (Lipinski definition) is 1. The summed E-state index contributed by atoms with van der Waals surface area (Å²) in [5.41, 5.74) is 6.46. The summed E-state index contributed by atoms with van der Waals surface area (Å²) in [5.74, 6) is 0.778. The van der Waals surface area contributed by atoms with Crippen molar-refractivity contribution in [2.24, 2.45) is 11.7 Å². The Labute approximate surface area is 126 Å². The van der Waals surface area contributed by atoms with Gasteiger partial charge in [-0.3, -0.25) is 0 Å². The first-order chi connectivity index (χ1) is 9.71. The molecule has 1 saturated carbocycles. The highest BCUT2D eigenvalue weighted by Gasteiger charge is 2.21. The second-order valence-corrected chi connectivity index (χ2v) is 6.34. The predicted octanol–water partition coefficient (Wildman–Crippen LogP) is 2.95. The molecule has 0 radical (unpaired) electrons. The summed E-state index contributed by atoms with van der Waals surface area (Å²) in [6.45, 7) is 13.8. The van der Waals surface area contributed by atoms with E-state index in [9.17, 15) is 0 Å². The summed E-state index contributed by atoms with van der Waals surface area (Å²) in [6, 6.07) is 0.392. The Balaban J connectivity index is 2.23. The predicted molar refractivity (Wildman–Crippen MR) is 89.1 cm³/mol. The van der Waals surface area contributed by atoms with Crippen LogP contribution in [0.3, 0.4) is 0 Å². The minimum atomic E-state index is 0.392. The minimum Gasteiger partial charge on any atom is -0.326 e. The molecule has 0 aromatic carbocycles. The summed E-state index contributed by atoms with van der Waals surface area (Å²) >= 11 is 0. The van der Waals surface area contributed by atoms with E-state index in [0.29, 0.717) is 6.04 Å².